The van der Waals surface area contributed by atoms with Gasteiger partial charge in [0, 0.05) is 12.6 Å². The van der Waals surface area contributed by atoms with E-state index in [9.17, 15) is 8.78 Å². The average molecular weight is 348 g/mol. The topological polar surface area (TPSA) is 12.0 Å². The number of fused-ring (bicyclic) bond motifs is 1. The Kier molecular flexibility index (Phi) is 3.88. The minimum Gasteiger partial charge on any atom is -0.378 e. The summed E-state index contributed by atoms with van der Waals surface area (Å²) in [6, 6.07) is 16.2. The highest BCUT2D eigenvalue weighted by atomic mass is 79.9. The number of halogens is 3. The number of anilines is 1. The molecule has 1 N–H and O–H groups in total. The first kappa shape index (κ1) is 14.0. The van der Waals surface area contributed by atoms with Crippen LogP contribution in [-0.4, -0.2) is 0 Å². The summed E-state index contributed by atoms with van der Waals surface area (Å²) >= 11 is 2.97. The summed E-state index contributed by atoms with van der Waals surface area (Å²) in [7, 11) is 0. The van der Waals surface area contributed by atoms with Gasteiger partial charge in [0.15, 0.2) is 0 Å². The molecule has 21 heavy (non-hydrogen) atoms. The highest BCUT2D eigenvalue weighted by Gasteiger charge is 2.08. The van der Waals surface area contributed by atoms with Crippen LogP contribution in [0.2, 0.25) is 0 Å². The monoisotopic (exact) mass is 347 g/mol. The van der Waals surface area contributed by atoms with Crippen molar-refractivity contribution in [3.8, 4) is 0 Å². The molecule has 0 atom stereocenters. The van der Waals surface area contributed by atoms with Gasteiger partial charge >= 0.3 is 0 Å². The smallest absolute Gasteiger partial charge is 0.147 e. The van der Waals surface area contributed by atoms with Gasteiger partial charge in [-0.3, -0.25) is 0 Å². The molecular formula is C17H12BrF2N. The van der Waals surface area contributed by atoms with E-state index in [4.69, 9.17) is 0 Å². The van der Waals surface area contributed by atoms with Crippen molar-refractivity contribution in [1.82, 2.24) is 0 Å². The Balaban J connectivity index is 1.89. The largest absolute Gasteiger partial charge is 0.378 e. The summed E-state index contributed by atoms with van der Waals surface area (Å²) in [6.07, 6.45) is 0. The molecule has 0 saturated heterocycles. The summed E-state index contributed by atoms with van der Waals surface area (Å²) in [5, 5.41) is 5.18. The van der Waals surface area contributed by atoms with Crippen LogP contribution >= 0.6 is 15.9 Å². The Morgan fingerprint density at radius 3 is 2.52 bits per heavy atom. The van der Waals surface area contributed by atoms with Crippen LogP contribution in [0.4, 0.5) is 14.5 Å². The Hall–Kier alpha value is -1.94. The summed E-state index contributed by atoms with van der Waals surface area (Å²) < 4.78 is 27.4. The summed E-state index contributed by atoms with van der Waals surface area (Å²) in [4.78, 5) is 0. The number of hydrogen-bond donors (Lipinski definition) is 1. The lowest BCUT2D eigenvalue weighted by atomic mass is 10.0. The number of rotatable bonds is 3. The zero-order valence-electron chi connectivity index (χ0n) is 11.0. The number of hydrogen-bond acceptors (Lipinski definition) is 1. The zero-order chi connectivity index (χ0) is 14.8. The third kappa shape index (κ3) is 2.90. The lowest BCUT2D eigenvalue weighted by Crippen LogP contribution is -2.03. The van der Waals surface area contributed by atoms with E-state index in [1.165, 1.54) is 0 Å². The highest BCUT2D eigenvalue weighted by Crippen LogP contribution is 2.25. The molecule has 3 aromatic carbocycles. The van der Waals surface area contributed by atoms with Gasteiger partial charge in [0.1, 0.15) is 11.6 Å². The van der Waals surface area contributed by atoms with E-state index in [1.54, 1.807) is 0 Å². The van der Waals surface area contributed by atoms with Crippen molar-refractivity contribution in [1.29, 1.82) is 0 Å². The van der Waals surface area contributed by atoms with E-state index < -0.39 is 11.6 Å². The van der Waals surface area contributed by atoms with Gasteiger partial charge in [-0.25, -0.2) is 8.78 Å². The van der Waals surface area contributed by atoms with Crippen molar-refractivity contribution in [2.24, 2.45) is 0 Å². The van der Waals surface area contributed by atoms with Crippen LogP contribution in [0.15, 0.2) is 59.1 Å². The average Bonchev–Trinajstić information content (AvgIpc) is 2.49. The third-order valence-electron chi connectivity index (χ3n) is 3.36. The molecule has 106 valence electrons. The Morgan fingerprint density at radius 1 is 0.905 bits per heavy atom. The van der Waals surface area contributed by atoms with Crippen molar-refractivity contribution in [3.05, 3.63) is 76.3 Å². The molecule has 3 aromatic rings. The molecule has 0 unspecified atom stereocenters. The van der Waals surface area contributed by atoms with Gasteiger partial charge < -0.3 is 5.32 Å². The maximum atomic E-state index is 13.8. The second kappa shape index (κ2) is 5.82. The number of benzene rings is 3. The fourth-order valence-electron chi connectivity index (χ4n) is 2.30. The molecule has 0 fully saturated rings. The standard InChI is InChI=1S/C17H12BrF2N/c18-14-8-16(20)17(9-15(14)19)21-10-12-6-3-5-11-4-1-2-7-13(11)12/h1-9,21H,10H2. The number of nitrogens with one attached hydrogen (secondary N) is 1. The van der Waals surface area contributed by atoms with E-state index in [1.807, 2.05) is 42.5 Å². The SMILES string of the molecule is Fc1cc(NCc2cccc3ccccc23)c(F)cc1Br. The van der Waals surface area contributed by atoms with Crippen LogP contribution in [0.1, 0.15) is 5.56 Å². The first-order valence-electron chi connectivity index (χ1n) is 6.50. The van der Waals surface area contributed by atoms with Crippen LogP contribution in [0.25, 0.3) is 10.8 Å². The van der Waals surface area contributed by atoms with Crippen molar-refractivity contribution in [2.45, 2.75) is 6.54 Å². The molecule has 0 aromatic heterocycles. The quantitative estimate of drug-likeness (QED) is 0.617. The van der Waals surface area contributed by atoms with Crippen molar-refractivity contribution in [3.63, 3.8) is 0 Å². The normalized spacial score (nSPS) is 10.8. The summed E-state index contributed by atoms with van der Waals surface area (Å²) in [5.41, 5.74) is 1.19. The van der Waals surface area contributed by atoms with E-state index in [0.29, 0.717) is 6.54 Å². The van der Waals surface area contributed by atoms with Gasteiger partial charge in [-0.2, -0.15) is 0 Å². The minimum absolute atomic E-state index is 0.121. The molecular weight excluding hydrogens is 336 g/mol. The molecule has 0 heterocycles. The summed E-state index contributed by atoms with van der Waals surface area (Å²) in [6.45, 7) is 0.430. The fraction of sp³-hybridized carbons (Fsp3) is 0.0588. The molecule has 0 bridgehead atoms. The minimum atomic E-state index is -0.489. The second-order valence-corrected chi connectivity index (χ2v) is 5.59. The molecule has 3 rings (SSSR count). The van der Waals surface area contributed by atoms with Crippen LogP contribution in [0, 0.1) is 11.6 Å². The van der Waals surface area contributed by atoms with Crippen molar-refractivity contribution < 1.29 is 8.78 Å². The Labute approximate surface area is 129 Å². The summed E-state index contributed by atoms with van der Waals surface area (Å²) in [5.74, 6) is -0.972. The molecule has 1 nitrogen and oxygen atoms in total. The third-order valence-corrected chi connectivity index (χ3v) is 3.97. The van der Waals surface area contributed by atoms with E-state index >= 15 is 0 Å². The second-order valence-electron chi connectivity index (χ2n) is 4.74. The van der Waals surface area contributed by atoms with Crippen LogP contribution in [-0.2, 0) is 6.54 Å². The van der Waals surface area contributed by atoms with Gasteiger partial charge in [-0.1, -0.05) is 42.5 Å². The molecule has 0 saturated carbocycles. The Bertz CT molecular complexity index is 797. The molecule has 0 amide bonds. The predicted molar refractivity (Wildman–Crippen MR) is 85.3 cm³/mol. The zero-order valence-corrected chi connectivity index (χ0v) is 12.6. The molecule has 4 heteroatoms. The van der Waals surface area contributed by atoms with E-state index in [-0.39, 0.29) is 10.2 Å². The lowest BCUT2D eigenvalue weighted by molar-refractivity contribution is 0.596. The van der Waals surface area contributed by atoms with E-state index in [0.717, 1.165) is 28.5 Å². The molecule has 0 radical (unpaired) electrons. The van der Waals surface area contributed by atoms with Gasteiger partial charge in [0.05, 0.1) is 10.2 Å². The molecule has 0 aliphatic rings. The lowest BCUT2D eigenvalue weighted by Gasteiger charge is -2.11. The Morgan fingerprint density at radius 2 is 1.67 bits per heavy atom. The van der Waals surface area contributed by atoms with Crippen molar-refractivity contribution in [2.75, 3.05) is 5.32 Å². The maximum Gasteiger partial charge on any atom is 0.147 e. The molecule has 0 aliphatic carbocycles. The van der Waals surface area contributed by atoms with Gasteiger partial charge in [0.25, 0.3) is 0 Å². The van der Waals surface area contributed by atoms with Crippen molar-refractivity contribution >= 4 is 32.4 Å². The van der Waals surface area contributed by atoms with Crippen LogP contribution in [0.3, 0.4) is 0 Å². The maximum absolute atomic E-state index is 13.8. The van der Waals surface area contributed by atoms with Gasteiger partial charge in [-0.05, 0) is 38.3 Å². The highest BCUT2D eigenvalue weighted by molar-refractivity contribution is 9.10. The van der Waals surface area contributed by atoms with Crippen LogP contribution in [0.5, 0.6) is 0 Å². The molecule has 0 aliphatic heterocycles. The molecule has 0 spiro atoms. The first-order chi connectivity index (χ1) is 10.1. The van der Waals surface area contributed by atoms with Crippen LogP contribution < -0.4 is 5.32 Å². The van der Waals surface area contributed by atoms with Gasteiger partial charge in [-0.15, -0.1) is 0 Å². The van der Waals surface area contributed by atoms with E-state index in [2.05, 4.69) is 21.2 Å². The first-order valence-corrected chi connectivity index (χ1v) is 7.29. The fourth-order valence-corrected chi connectivity index (χ4v) is 2.61. The van der Waals surface area contributed by atoms with Gasteiger partial charge in [0.2, 0.25) is 0 Å². The predicted octanol–water partition coefficient (Wildman–Crippen LogP) is 5.49.